The number of hydrogen-bond acceptors (Lipinski definition) is 3. The molecule has 1 fully saturated rings. The van der Waals surface area contributed by atoms with Gasteiger partial charge in [-0.15, -0.1) is 0 Å². The topological polar surface area (TPSA) is 54.0 Å². The van der Waals surface area contributed by atoms with E-state index in [1.807, 2.05) is 66.7 Å². The first-order valence-electron chi connectivity index (χ1n) is 10.1. The minimum absolute atomic E-state index is 0.00990. The lowest BCUT2D eigenvalue weighted by Gasteiger charge is -2.09. The summed E-state index contributed by atoms with van der Waals surface area (Å²) in [5, 5.41) is 6.38. The van der Waals surface area contributed by atoms with Gasteiger partial charge in [0, 0.05) is 29.7 Å². The SMILES string of the molecule is O=C(NCCC1CC1)c1cccc(Nc2ccc(C=Cc3ccccn3)cc2)c1. The molecular weight excluding hydrogens is 358 g/mol. The van der Waals surface area contributed by atoms with Crippen LogP contribution in [0.4, 0.5) is 11.4 Å². The molecule has 2 N–H and O–H groups in total. The standard InChI is InChI=1S/C25H25N3O/c29-25(27-17-15-20-7-8-20)21-4-3-6-24(18-21)28-23-13-10-19(11-14-23)9-12-22-5-1-2-16-26-22/h1-6,9-14,16,18,20,28H,7-8,15,17H2,(H,27,29). The second-order valence-electron chi connectivity index (χ2n) is 7.40. The van der Waals surface area contributed by atoms with E-state index in [1.165, 1.54) is 12.8 Å². The van der Waals surface area contributed by atoms with Crippen LogP contribution in [0.25, 0.3) is 12.2 Å². The van der Waals surface area contributed by atoms with E-state index in [9.17, 15) is 4.79 Å². The highest BCUT2D eigenvalue weighted by atomic mass is 16.1. The predicted octanol–water partition coefficient (Wildman–Crippen LogP) is 5.53. The molecule has 0 saturated heterocycles. The summed E-state index contributed by atoms with van der Waals surface area (Å²) in [5.74, 6) is 0.814. The second-order valence-corrected chi connectivity index (χ2v) is 7.40. The van der Waals surface area contributed by atoms with E-state index in [-0.39, 0.29) is 5.91 Å². The molecule has 0 radical (unpaired) electrons. The molecule has 0 spiro atoms. The number of pyridine rings is 1. The van der Waals surface area contributed by atoms with Gasteiger partial charge in [-0.3, -0.25) is 9.78 Å². The third-order valence-corrected chi connectivity index (χ3v) is 4.99. The number of hydrogen-bond donors (Lipinski definition) is 2. The molecule has 4 nitrogen and oxygen atoms in total. The van der Waals surface area contributed by atoms with Crippen LogP contribution in [0.5, 0.6) is 0 Å². The van der Waals surface area contributed by atoms with Gasteiger partial charge in [0.2, 0.25) is 0 Å². The molecule has 1 aliphatic carbocycles. The van der Waals surface area contributed by atoms with Gasteiger partial charge in [-0.1, -0.05) is 43.2 Å². The van der Waals surface area contributed by atoms with Crippen molar-refractivity contribution in [1.82, 2.24) is 10.3 Å². The van der Waals surface area contributed by atoms with E-state index < -0.39 is 0 Å². The number of nitrogens with zero attached hydrogens (tertiary/aromatic N) is 1. The van der Waals surface area contributed by atoms with Crippen LogP contribution in [0.15, 0.2) is 72.9 Å². The molecule has 3 aromatic rings. The van der Waals surface area contributed by atoms with Crippen LogP contribution < -0.4 is 10.6 Å². The molecule has 1 aromatic heterocycles. The van der Waals surface area contributed by atoms with Crippen molar-refractivity contribution in [2.75, 3.05) is 11.9 Å². The van der Waals surface area contributed by atoms with Crippen molar-refractivity contribution in [3.63, 3.8) is 0 Å². The minimum Gasteiger partial charge on any atom is -0.356 e. The minimum atomic E-state index is -0.00990. The predicted molar refractivity (Wildman–Crippen MR) is 119 cm³/mol. The van der Waals surface area contributed by atoms with Crippen LogP contribution in [0, 0.1) is 5.92 Å². The third kappa shape index (κ3) is 5.79. The summed E-state index contributed by atoms with van der Waals surface area (Å²) in [6, 6.07) is 21.6. The number of carbonyl (C=O) groups is 1. The summed E-state index contributed by atoms with van der Waals surface area (Å²) < 4.78 is 0. The fraction of sp³-hybridized carbons (Fsp3) is 0.200. The quantitative estimate of drug-likeness (QED) is 0.538. The number of benzene rings is 2. The summed E-state index contributed by atoms with van der Waals surface area (Å²) in [6.07, 6.45) is 9.53. The monoisotopic (exact) mass is 383 g/mol. The first-order valence-corrected chi connectivity index (χ1v) is 10.1. The lowest BCUT2D eigenvalue weighted by Crippen LogP contribution is -2.24. The Morgan fingerprint density at radius 2 is 1.83 bits per heavy atom. The molecule has 4 rings (SSSR count). The van der Waals surface area contributed by atoms with Crippen molar-refractivity contribution in [2.45, 2.75) is 19.3 Å². The van der Waals surface area contributed by atoms with Gasteiger partial charge < -0.3 is 10.6 Å². The molecule has 0 atom stereocenters. The Labute approximate surface area is 171 Å². The number of carbonyl (C=O) groups excluding carboxylic acids is 1. The van der Waals surface area contributed by atoms with Gasteiger partial charge in [0.1, 0.15) is 0 Å². The van der Waals surface area contributed by atoms with Crippen molar-refractivity contribution < 1.29 is 4.79 Å². The van der Waals surface area contributed by atoms with E-state index in [4.69, 9.17) is 0 Å². The molecule has 29 heavy (non-hydrogen) atoms. The Morgan fingerprint density at radius 1 is 0.966 bits per heavy atom. The Morgan fingerprint density at radius 3 is 2.59 bits per heavy atom. The summed E-state index contributed by atoms with van der Waals surface area (Å²) in [5.41, 5.74) is 4.59. The maximum Gasteiger partial charge on any atom is 0.251 e. The van der Waals surface area contributed by atoms with Gasteiger partial charge in [-0.25, -0.2) is 0 Å². The van der Waals surface area contributed by atoms with E-state index in [0.29, 0.717) is 5.56 Å². The molecule has 1 aliphatic rings. The Kier molecular flexibility index (Phi) is 6.01. The van der Waals surface area contributed by atoms with E-state index in [1.54, 1.807) is 6.20 Å². The van der Waals surface area contributed by atoms with Crippen molar-refractivity contribution in [1.29, 1.82) is 0 Å². The van der Waals surface area contributed by atoms with Crippen LogP contribution in [-0.2, 0) is 0 Å². The van der Waals surface area contributed by atoms with Crippen molar-refractivity contribution in [2.24, 2.45) is 5.92 Å². The van der Waals surface area contributed by atoms with Gasteiger partial charge >= 0.3 is 0 Å². The highest BCUT2D eigenvalue weighted by molar-refractivity contribution is 5.95. The maximum atomic E-state index is 12.3. The molecule has 1 heterocycles. The summed E-state index contributed by atoms with van der Waals surface area (Å²) >= 11 is 0. The number of aromatic nitrogens is 1. The number of amides is 1. The molecule has 2 aromatic carbocycles. The molecule has 1 amide bonds. The normalized spacial score (nSPS) is 13.4. The first-order chi connectivity index (χ1) is 14.3. The Hall–Kier alpha value is -3.40. The van der Waals surface area contributed by atoms with Gasteiger partial charge in [0.05, 0.1) is 5.69 Å². The molecule has 0 unspecified atom stereocenters. The highest BCUT2D eigenvalue weighted by Crippen LogP contribution is 2.31. The fourth-order valence-corrected chi connectivity index (χ4v) is 3.14. The van der Waals surface area contributed by atoms with Crippen LogP contribution in [0.1, 0.15) is 40.9 Å². The zero-order valence-electron chi connectivity index (χ0n) is 16.3. The summed E-state index contributed by atoms with van der Waals surface area (Å²) in [6.45, 7) is 0.759. The second kappa shape index (κ2) is 9.20. The molecule has 4 heteroatoms. The number of rotatable bonds is 8. The van der Waals surface area contributed by atoms with Gasteiger partial charge in [0.25, 0.3) is 5.91 Å². The van der Waals surface area contributed by atoms with Gasteiger partial charge in [-0.05, 0) is 66.4 Å². The van der Waals surface area contributed by atoms with Crippen LogP contribution in [-0.4, -0.2) is 17.4 Å². The lowest BCUT2D eigenvalue weighted by atomic mass is 10.1. The number of anilines is 2. The molecule has 0 aliphatic heterocycles. The van der Waals surface area contributed by atoms with Crippen molar-refractivity contribution >= 4 is 29.4 Å². The Balaban J connectivity index is 1.35. The first kappa shape index (κ1) is 18.9. The highest BCUT2D eigenvalue weighted by Gasteiger charge is 2.20. The van der Waals surface area contributed by atoms with Crippen molar-refractivity contribution in [3.8, 4) is 0 Å². The van der Waals surface area contributed by atoms with E-state index >= 15 is 0 Å². The summed E-state index contributed by atoms with van der Waals surface area (Å²) in [4.78, 5) is 16.6. The van der Waals surface area contributed by atoms with Crippen molar-refractivity contribution in [3.05, 3.63) is 89.7 Å². The van der Waals surface area contributed by atoms with Gasteiger partial charge in [-0.2, -0.15) is 0 Å². The molecule has 0 bridgehead atoms. The van der Waals surface area contributed by atoms with Gasteiger partial charge in [0.15, 0.2) is 0 Å². The number of nitrogens with one attached hydrogen (secondary N) is 2. The van der Waals surface area contributed by atoms with Crippen LogP contribution in [0.2, 0.25) is 0 Å². The smallest absolute Gasteiger partial charge is 0.251 e. The Bertz CT molecular complexity index is 976. The van der Waals surface area contributed by atoms with Crippen LogP contribution >= 0.6 is 0 Å². The molecular formula is C25H25N3O. The fourth-order valence-electron chi connectivity index (χ4n) is 3.14. The zero-order valence-corrected chi connectivity index (χ0v) is 16.3. The average Bonchev–Trinajstić information content (AvgIpc) is 3.59. The lowest BCUT2D eigenvalue weighted by molar-refractivity contribution is 0.0952. The average molecular weight is 383 g/mol. The molecule has 146 valence electrons. The summed E-state index contributed by atoms with van der Waals surface area (Å²) in [7, 11) is 0. The molecule has 1 saturated carbocycles. The zero-order chi connectivity index (χ0) is 19.9. The largest absolute Gasteiger partial charge is 0.356 e. The maximum absolute atomic E-state index is 12.3. The van der Waals surface area contributed by atoms with E-state index in [0.717, 1.165) is 41.5 Å². The third-order valence-electron chi connectivity index (χ3n) is 4.99. The van der Waals surface area contributed by atoms with Crippen LogP contribution in [0.3, 0.4) is 0 Å². The van der Waals surface area contributed by atoms with E-state index in [2.05, 4.69) is 27.8 Å².